The van der Waals surface area contributed by atoms with Crippen molar-refractivity contribution >= 4 is 17.8 Å². The molecule has 1 amide bonds. The molecule has 1 N–H and O–H groups in total. The molecule has 1 aliphatic rings. The van der Waals surface area contributed by atoms with Gasteiger partial charge < -0.3 is 20.0 Å². The highest BCUT2D eigenvalue weighted by atomic mass is 16.2. The fourth-order valence-corrected chi connectivity index (χ4v) is 3.39. The van der Waals surface area contributed by atoms with Crippen LogP contribution in [0.4, 0.5) is 5.95 Å². The van der Waals surface area contributed by atoms with E-state index in [1.54, 1.807) is 17.3 Å². The van der Waals surface area contributed by atoms with E-state index >= 15 is 0 Å². The van der Waals surface area contributed by atoms with Gasteiger partial charge in [0.25, 0.3) is 0 Å². The van der Waals surface area contributed by atoms with Crippen molar-refractivity contribution in [1.82, 2.24) is 25.1 Å². The molecule has 0 unspecified atom stereocenters. The Morgan fingerprint density at radius 1 is 1.10 bits per heavy atom. The van der Waals surface area contributed by atoms with Crippen molar-refractivity contribution < 1.29 is 4.79 Å². The molecule has 0 bridgehead atoms. The third-order valence-electron chi connectivity index (χ3n) is 5.02. The molecule has 30 heavy (non-hydrogen) atoms. The Hall–Kier alpha value is -3.16. The first-order valence-corrected chi connectivity index (χ1v) is 10.5. The molecule has 1 aromatic carbocycles. The summed E-state index contributed by atoms with van der Waals surface area (Å²) in [5.74, 6) is 1.74. The van der Waals surface area contributed by atoms with Crippen LogP contribution >= 0.6 is 0 Å². The Morgan fingerprint density at radius 3 is 2.47 bits per heavy atom. The molecule has 0 atom stereocenters. The number of nitrogens with one attached hydrogen (secondary N) is 1. The van der Waals surface area contributed by atoms with Crippen LogP contribution in [-0.4, -0.2) is 78.0 Å². The summed E-state index contributed by atoms with van der Waals surface area (Å²) in [5, 5.41) is 3.35. The lowest BCUT2D eigenvalue weighted by atomic mass is 10.2. The summed E-state index contributed by atoms with van der Waals surface area (Å²) in [6.45, 7) is 7.30. The average molecular weight is 410 g/mol. The first-order chi connectivity index (χ1) is 14.7. The maximum absolute atomic E-state index is 12.5. The zero-order valence-corrected chi connectivity index (χ0v) is 17.9. The van der Waals surface area contributed by atoms with E-state index in [9.17, 15) is 4.79 Å². The van der Waals surface area contributed by atoms with Crippen LogP contribution < -0.4 is 10.2 Å². The van der Waals surface area contributed by atoms with E-state index in [2.05, 4.69) is 32.0 Å². The van der Waals surface area contributed by atoms with Gasteiger partial charge in [-0.2, -0.15) is 0 Å². The quantitative estimate of drug-likeness (QED) is 0.553. The van der Waals surface area contributed by atoms with Crippen molar-refractivity contribution in [3.63, 3.8) is 0 Å². The Bertz CT molecular complexity index is 805. The Labute approximate surface area is 178 Å². The van der Waals surface area contributed by atoms with Gasteiger partial charge in [-0.1, -0.05) is 30.3 Å². The molecule has 8 heteroatoms. The molecule has 2 aromatic rings. The number of aliphatic imine (C=N–C) groups is 1. The van der Waals surface area contributed by atoms with Gasteiger partial charge in [-0.15, -0.1) is 0 Å². The minimum absolute atomic E-state index is 0.101. The van der Waals surface area contributed by atoms with Gasteiger partial charge in [0.05, 0.1) is 6.54 Å². The number of anilines is 1. The van der Waals surface area contributed by atoms with Crippen LogP contribution in [0.2, 0.25) is 0 Å². The van der Waals surface area contributed by atoms with Gasteiger partial charge in [0.1, 0.15) is 0 Å². The minimum atomic E-state index is 0.101. The molecule has 160 valence electrons. The van der Waals surface area contributed by atoms with E-state index in [4.69, 9.17) is 4.99 Å². The second-order valence-electron chi connectivity index (χ2n) is 7.24. The molecule has 0 radical (unpaired) electrons. The van der Waals surface area contributed by atoms with Crippen LogP contribution in [0.3, 0.4) is 0 Å². The number of nitrogens with zero attached hydrogens (tertiary/aromatic N) is 6. The highest BCUT2D eigenvalue weighted by Gasteiger charge is 2.21. The van der Waals surface area contributed by atoms with Crippen molar-refractivity contribution in [1.29, 1.82) is 0 Å². The van der Waals surface area contributed by atoms with Crippen LogP contribution in [0.25, 0.3) is 0 Å². The van der Waals surface area contributed by atoms with Crippen molar-refractivity contribution in [2.75, 3.05) is 51.2 Å². The second kappa shape index (κ2) is 11.1. The van der Waals surface area contributed by atoms with Crippen molar-refractivity contribution in [3.8, 4) is 0 Å². The molecule has 1 aliphatic heterocycles. The van der Waals surface area contributed by atoms with Gasteiger partial charge in [-0.3, -0.25) is 9.79 Å². The Morgan fingerprint density at radius 2 is 1.80 bits per heavy atom. The minimum Gasteiger partial charge on any atom is -0.357 e. The van der Waals surface area contributed by atoms with Crippen LogP contribution in [0, 0.1) is 0 Å². The zero-order chi connectivity index (χ0) is 21.2. The second-order valence-corrected chi connectivity index (χ2v) is 7.24. The van der Waals surface area contributed by atoms with E-state index in [1.807, 2.05) is 43.4 Å². The van der Waals surface area contributed by atoms with Crippen LogP contribution in [0.15, 0.2) is 53.8 Å². The standard InChI is InChI=1S/C22H31N7O/c1-3-23-21(28-14-16-29(17-15-28)22-24-11-7-12-25-22)26-13-10-20(30)27(2)18-19-8-5-4-6-9-19/h4-9,11-12H,3,10,13-18H2,1-2H3,(H,23,26). The molecule has 1 fully saturated rings. The maximum atomic E-state index is 12.5. The molecule has 0 spiro atoms. The molecule has 1 aromatic heterocycles. The summed E-state index contributed by atoms with van der Waals surface area (Å²) >= 11 is 0. The molecule has 3 rings (SSSR count). The summed E-state index contributed by atoms with van der Waals surface area (Å²) in [6, 6.07) is 11.9. The number of amides is 1. The normalized spacial score (nSPS) is 14.5. The number of aromatic nitrogens is 2. The monoisotopic (exact) mass is 409 g/mol. The number of hydrogen-bond donors (Lipinski definition) is 1. The lowest BCUT2D eigenvalue weighted by Gasteiger charge is -2.36. The van der Waals surface area contributed by atoms with E-state index in [-0.39, 0.29) is 5.91 Å². The summed E-state index contributed by atoms with van der Waals surface area (Å²) in [5.41, 5.74) is 1.13. The fourth-order valence-electron chi connectivity index (χ4n) is 3.39. The maximum Gasteiger partial charge on any atom is 0.225 e. The molecular weight excluding hydrogens is 378 g/mol. The van der Waals surface area contributed by atoms with Crippen LogP contribution in [0.1, 0.15) is 18.9 Å². The fraction of sp³-hybridized carbons (Fsp3) is 0.455. The highest BCUT2D eigenvalue weighted by molar-refractivity contribution is 5.81. The van der Waals surface area contributed by atoms with Gasteiger partial charge in [0, 0.05) is 65.1 Å². The topological polar surface area (TPSA) is 77.0 Å². The highest BCUT2D eigenvalue weighted by Crippen LogP contribution is 2.10. The Balaban J connectivity index is 1.49. The molecule has 1 saturated heterocycles. The number of benzene rings is 1. The summed E-state index contributed by atoms with van der Waals surface area (Å²) < 4.78 is 0. The number of guanidine groups is 1. The summed E-state index contributed by atoms with van der Waals surface area (Å²) in [7, 11) is 1.84. The van der Waals surface area contributed by atoms with E-state index in [0.717, 1.165) is 50.2 Å². The number of carbonyl (C=O) groups is 1. The first-order valence-electron chi connectivity index (χ1n) is 10.5. The van der Waals surface area contributed by atoms with Gasteiger partial charge in [-0.25, -0.2) is 9.97 Å². The molecule has 0 saturated carbocycles. The van der Waals surface area contributed by atoms with Crippen molar-refractivity contribution in [2.24, 2.45) is 4.99 Å². The smallest absolute Gasteiger partial charge is 0.225 e. The summed E-state index contributed by atoms with van der Waals surface area (Å²) in [4.78, 5) is 32.0. The lowest BCUT2D eigenvalue weighted by Crippen LogP contribution is -2.53. The van der Waals surface area contributed by atoms with E-state index in [0.29, 0.717) is 19.5 Å². The predicted octanol–water partition coefficient (Wildman–Crippen LogP) is 1.61. The number of hydrogen-bond acceptors (Lipinski definition) is 5. The average Bonchev–Trinajstić information content (AvgIpc) is 2.80. The van der Waals surface area contributed by atoms with Gasteiger partial charge in [0.2, 0.25) is 11.9 Å². The SMILES string of the molecule is CCNC(=NCCC(=O)N(C)Cc1ccccc1)N1CCN(c2ncccn2)CC1. The lowest BCUT2D eigenvalue weighted by molar-refractivity contribution is -0.130. The van der Waals surface area contributed by atoms with Crippen LogP contribution in [0.5, 0.6) is 0 Å². The molecule has 8 nitrogen and oxygen atoms in total. The number of rotatable bonds is 7. The molecular formula is C22H31N7O. The molecule has 0 aliphatic carbocycles. The van der Waals surface area contributed by atoms with E-state index < -0.39 is 0 Å². The number of carbonyl (C=O) groups excluding carboxylic acids is 1. The van der Waals surface area contributed by atoms with Gasteiger partial charge in [0.15, 0.2) is 5.96 Å². The van der Waals surface area contributed by atoms with Gasteiger partial charge >= 0.3 is 0 Å². The summed E-state index contributed by atoms with van der Waals surface area (Å²) in [6.07, 6.45) is 3.94. The third-order valence-corrected chi connectivity index (χ3v) is 5.02. The van der Waals surface area contributed by atoms with Gasteiger partial charge in [-0.05, 0) is 18.6 Å². The largest absolute Gasteiger partial charge is 0.357 e. The van der Waals surface area contributed by atoms with E-state index in [1.165, 1.54) is 0 Å². The van der Waals surface area contributed by atoms with Crippen molar-refractivity contribution in [3.05, 3.63) is 54.4 Å². The number of piperazine rings is 1. The zero-order valence-electron chi connectivity index (χ0n) is 17.9. The predicted molar refractivity (Wildman–Crippen MR) is 119 cm³/mol. The molecule has 2 heterocycles. The van der Waals surface area contributed by atoms with Crippen LogP contribution in [-0.2, 0) is 11.3 Å². The van der Waals surface area contributed by atoms with Crippen molar-refractivity contribution in [2.45, 2.75) is 19.9 Å². The Kier molecular flexibility index (Phi) is 8.00. The third kappa shape index (κ3) is 6.17. The first kappa shape index (κ1) is 21.5.